The summed E-state index contributed by atoms with van der Waals surface area (Å²) in [4.78, 5) is 12.5. The first-order chi connectivity index (χ1) is 13.7. The van der Waals surface area contributed by atoms with Gasteiger partial charge in [-0.2, -0.15) is 13.2 Å². The fourth-order valence-electron chi connectivity index (χ4n) is 2.50. The maximum atomic E-state index is 13.7. The number of aryl methyl sites for hydroxylation is 1. The number of rotatable bonds is 5. The van der Waals surface area contributed by atoms with Crippen molar-refractivity contribution in [2.45, 2.75) is 19.7 Å². The molecule has 0 bridgehead atoms. The van der Waals surface area contributed by atoms with Gasteiger partial charge in [0.15, 0.2) is 17.3 Å². The average molecular weight is 412 g/mol. The summed E-state index contributed by atoms with van der Waals surface area (Å²) in [6.45, 7) is 1.08. The highest BCUT2D eigenvalue weighted by Crippen LogP contribution is 2.34. The number of nitrogens with one attached hydrogen (secondary N) is 1. The molecule has 0 aliphatic rings. The molecule has 0 aliphatic heterocycles. The molecule has 0 fully saturated rings. The summed E-state index contributed by atoms with van der Waals surface area (Å²) in [5.74, 6) is -2.83. The van der Waals surface area contributed by atoms with Crippen molar-refractivity contribution in [3.8, 4) is 5.75 Å². The van der Waals surface area contributed by atoms with Crippen LogP contribution in [0.3, 0.4) is 0 Å². The van der Waals surface area contributed by atoms with Crippen molar-refractivity contribution in [2.24, 2.45) is 0 Å². The fraction of sp³-hybridized carbons (Fsp3) is 0.158. The van der Waals surface area contributed by atoms with E-state index in [0.29, 0.717) is 6.07 Å². The monoisotopic (exact) mass is 412 g/mol. The van der Waals surface area contributed by atoms with E-state index < -0.39 is 35.0 Å². The van der Waals surface area contributed by atoms with E-state index in [9.17, 15) is 26.7 Å². The lowest BCUT2D eigenvalue weighted by atomic mass is 10.1. The van der Waals surface area contributed by atoms with Gasteiger partial charge in [-0.15, -0.1) is 0 Å². The van der Waals surface area contributed by atoms with Crippen LogP contribution >= 0.6 is 0 Å². The number of hydrogen-bond donors (Lipinski definition) is 1. The number of halogens is 5. The Morgan fingerprint density at radius 2 is 1.90 bits per heavy atom. The van der Waals surface area contributed by atoms with E-state index in [4.69, 9.17) is 9.26 Å². The summed E-state index contributed by atoms with van der Waals surface area (Å²) in [7, 11) is 0. The topological polar surface area (TPSA) is 64.4 Å². The molecule has 152 valence electrons. The molecule has 1 heterocycles. The minimum absolute atomic E-state index is 0.107. The third kappa shape index (κ3) is 4.53. The lowest BCUT2D eigenvalue weighted by Crippen LogP contribution is -2.18. The maximum absolute atomic E-state index is 13.7. The summed E-state index contributed by atoms with van der Waals surface area (Å²) >= 11 is 0. The second kappa shape index (κ2) is 7.90. The number of hydrogen-bond acceptors (Lipinski definition) is 4. The summed E-state index contributed by atoms with van der Waals surface area (Å²) in [6.07, 6.45) is -4.67. The number of benzene rings is 2. The summed E-state index contributed by atoms with van der Waals surface area (Å²) in [6, 6.07) is 7.11. The van der Waals surface area contributed by atoms with Crippen LogP contribution in [0.25, 0.3) is 0 Å². The molecule has 3 aromatic rings. The summed E-state index contributed by atoms with van der Waals surface area (Å²) in [5, 5.41) is 5.69. The van der Waals surface area contributed by atoms with E-state index in [-0.39, 0.29) is 29.4 Å². The molecule has 3 rings (SSSR count). The molecule has 0 atom stereocenters. The third-order valence-corrected chi connectivity index (χ3v) is 3.95. The van der Waals surface area contributed by atoms with Gasteiger partial charge in [0.05, 0.1) is 16.8 Å². The van der Waals surface area contributed by atoms with E-state index in [1.807, 2.05) is 0 Å². The van der Waals surface area contributed by atoms with Gasteiger partial charge in [0, 0.05) is 6.07 Å². The average Bonchev–Trinajstić information content (AvgIpc) is 3.01. The smallest absolute Gasteiger partial charge is 0.418 e. The fourth-order valence-corrected chi connectivity index (χ4v) is 2.50. The molecule has 29 heavy (non-hydrogen) atoms. The number of carbonyl (C=O) groups excluding carboxylic acids is 1. The molecule has 0 unspecified atom stereocenters. The highest BCUT2D eigenvalue weighted by molar-refractivity contribution is 6.04. The van der Waals surface area contributed by atoms with Crippen LogP contribution in [0.2, 0.25) is 0 Å². The van der Waals surface area contributed by atoms with Crippen LogP contribution in [0.4, 0.5) is 27.6 Å². The second-order valence-electron chi connectivity index (χ2n) is 5.93. The van der Waals surface area contributed by atoms with Crippen molar-refractivity contribution in [3.63, 3.8) is 0 Å². The Bertz CT molecular complexity index is 1050. The largest absolute Gasteiger partial charge is 0.486 e. The van der Waals surface area contributed by atoms with Gasteiger partial charge in [0.1, 0.15) is 18.2 Å². The number of ether oxygens (including phenoxy) is 1. The first-order valence-corrected chi connectivity index (χ1v) is 8.17. The quantitative estimate of drug-likeness (QED) is 0.592. The molecule has 0 radical (unpaired) electrons. The zero-order chi connectivity index (χ0) is 21.2. The summed E-state index contributed by atoms with van der Waals surface area (Å²) in [5.41, 5.74) is -1.69. The maximum Gasteiger partial charge on any atom is 0.418 e. The normalized spacial score (nSPS) is 11.4. The number of aromatic nitrogens is 1. The Morgan fingerprint density at radius 1 is 1.17 bits per heavy atom. The Balaban J connectivity index is 1.81. The van der Waals surface area contributed by atoms with Crippen molar-refractivity contribution in [3.05, 3.63) is 76.7 Å². The number of para-hydroxylation sites is 1. The molecule has 1 N–H and O–H groups in total. The third-order valence-electron chi connectivity index (χ3n) is 3.95. The van der Waals surface area contributed by atoms with Crippen molar-refractivity contribution < 1.29 is 36.0 Å². The van der Waals surface area contributed by atoms with Crippen molar-refractivity contribution in [2.75, 3.05) is 5.32 Å². The van der Waals surface area contributed by atoms with E-state index >= 15 is 0 Å². The molecular weight excluding hydrogens is 399 g/mol. The highest BCUT2D eigenvalue weighted by atomic mass is 19.4. The molecule has 10 heteroatoms. The van der Waals surface area contributed by atoms with Gasteiger partial charge >= 0.3 is 6.18 Å². The van der Waals surface area contributed by atoms with Crippen LogP contribution < -0.4 is 10.1 Å². The van der Waals surface area contributed by atoms with Crippen molar-refractivity contribution in [1.29, 1.82) is 0 Å². The predicted molar refractivity (Wildman–Crippen MR) is 91.3 cm³/mol. The lowest BCUT2D eigenvalue weighted by Gasteiger charge is -2.13. The number of anilines is 1. The second-order valence-corrected chi connectivity index (χ2v) is 5.93. The predicted octanol–water partition coefficient (Wildman–Crippen LogP) is 5.11. The van der Waals surface area contributed by atoms with E-state index in [1.165, 1.54) is 19.1 Å². The first-order valence-electron chi connectivity index (χ1n) is 8.17. The summed E-state index contributed by atoms with van der Waals surface area (Å²) < 4.78 is 76.1. The van der Waals surface area contributed by atoms with Crippen LogP contribution in [0.1, 0.15) is 27.4 Å². The molecule has 1 amide bonds. The Morgan fingerprint density at radius 3 is 2.59 bits per heavy atom. The molecule has 0 aliphatic carbocycles. The zero-order valence-electron chi connectivity index (χ0n) is 14.8. The SMILES string of the molecule is Cc1onc(C(=O)Nc2ccccc2C(F)(F)F)c1COc1ccc(F)cc1F. The molecule has 5 nitrogen and oxygen atoms in total. The minimum Gasteiger partial charge on any atom is -0.486 e. The van der Waals surface area contributed by atoms with E-state index in [0.717, 1.165) is 24.3 Å². The molecular formula is C19H13F5N2O3. The van der Waals surface area contributed by atoms with Crippen molar-refractivity contribution >= 4 is 11.6 Å². The Hall–Kier alpha value is -3.43. The van der Waals surface area contributed by atoms with Crippen LogP contribution in [0, 0.1) is 18.6 Å². The lowest BCUT2D eigenvalue weighted by molar-refractivity contribution is -0.136. The van der Waals surface area contributed by atoms with Gasteiger partial charge in [0.2, 0.25) is 0 Å². The van der Waals surface area contributed by atoms with Gasteiger partial charge in [-0.25, -0.2) is 8.78 Å². The number of nitrogens with zero attached hydrogens (tertiary/aromatic N) is 1. The Labute approximate surface area is 161 Å². The molecule has 2 aromatic carbocycles. The van der Waals surface area contributed by atoms with Crippen LogP contribution in [-0.2, 0) is 12.8 Å². The standard InChI is InChI=1S/C19H13F5N2O3/c1-10-12(9-28-16-7-6-11(20)8-14(16)21)17(26-29-10)18(27)25-15-5-3-2-4-13(15)19(22,23)24/h2-8H,9H2,1H3,(H,25,27). The molecule has 0 saturated heterocycles. The molecule has 0 saturated carbocycles. The zero-order valence-corrected chi connectivity index (χ0v) is 14.8. The Kier molecular flexibility index (Phi) is 5.53. The molecule has 1 aromatic heterocycles. The number of alkyl halides is 3. The molecule has 0 spiro atoms. The number of carbonyl (C=O) groups is 1. The van der Waals surface area contributed by atoms with E-state index in [1.54, 1.807) is 0 Å². The van der Waals surface area contributed by atoms with Crippen molar-refractivity contribution in [1.82, 2.24) is 5.16 Å². The highest BCUT2D eigenvalue weighted by Gasteiger charge is 2.34. The van der Waals surface area contributed by atoms with Gasteiger partial charge in [0.25, 0.3) is 5.91 Å². The first kappa shape index (κ1) is 20.3. The number of amides is 1. The van der Waals surface area contributed by atoms with Crippen LogP contribution in [0.5, 0.6) is 5.75 Å². The van der Waals surface area contributed by atoms with Crippen LogP contribution in [0.15, 0.2) is 47.0 Å². The van der Waals surface area contributed by atoms with Crippen LogP contribution in [-0.4, -0.2) is 11.1 Å². The van der Waals surface area contributed by atoms with Gasteiger partial charge in [-0.05, 0) is 31.2 Å². The van der Waals surface area contributed by atoms with Gasteiger partial charge in [-0.1, -0.05) is 17.3 Å². The minimum atomic E-state index is -4.67. The van der Waals surface area contributed by atoms with Gasteiger partial charge in [-0.3, -0.25) is 4.79 Å². The van der Waals surface area contributed by atoms with Gasteiger partial charge < -0.3 is 14.6 Å². The van der Waals surface area contributed by atoms with E-state index in [2.05, 4.69) is 10.5 Å².